The minimum Gasteiger partial charge on any atom is -0.397 e. The van der Waals surface area contributed by atoms with E-state index in [9.17, 15) is 10.4 Å². The molecule has 19 heavy (non-hydrogen) atoms. The van der Waals surface area contributed by atoms with Crippen LogP contribution in [0.5, 0.6) is 0 Å². The van der Waals surface area contributed by atoms with Crippen molar-refractivity contribution in [2.45, 2.75) is 25.6 Å². The van der Waals surface area contributed by atoms with Crippen molar-refractivity contribution in [2.24, 2.45) is 0 Å². The molecule has 1 aromatic rings. The van der Waals surface area contributed by atoms with Gasteiger partial charge in [0.05, 0.1) is 35.8 Å². The molecular formula is C13H18N4O2. The molecule has 0 bridgehead atoms. The third kappa shape index (κ3) is 2.95. The van der Waals surface area contributed by atoms with Gasteiger partial charge in [-0.25, -0.2) is 4.98 Å². The van der Waals surface area contributed by atoms with Crippen LogP contribution in [0.2, 0.25) is 0 Å². The van der Waals surface area contributed by atoms with Gasteiger partial charge in [0.1, 0.15) is 11.9 Å². The number of nitriles is 1. The van der Waals surface area contributed by atoms with Gasteiger partial charge in [0, 0.05) is 13.1 Å². The van der Waals surface area contributed by atoms with E-state index in [-0.39, 0.29) is 12.7 Å². The molecule has 6 heteroatoms. The van der Waals surface area contributed by atoms with E-state index < -0.39 is 5.60 Å². The number of rotatable bonds is 2. The molecule has 1 saturated heterocycles. The van der Waals surface area contributed by atoms with Crippen LogP contribution >= 0.6 is 0 Å². The molecule has 102 valence electrons. The first-order valence-corrected chi connectivity index (χ1v) is 6.14. The highest BCUT2D eigenvalue weighted by molar-refractivity contribution is 5.59. The number of anilines is 2. The zero-order valence-electron chi connectivity index (χ0n) is 11.1. The van der Waals surface area contributed by atoms with Gasteiger partial charge in [0.15, 0.2) is 0 Å². The number of pyridine rings is 1. The fourth-order valence-electron chi connectivity index (χ4n) is 2.36. The fourth-order valence-corrected chi connectivity index (χ4v) is 2.36. The number of aliphatic hydroxyl groups excluding tert-OH is 1. The summed E-state index contributed by atoms with van der Waals surface area (Å²) < 4.78 is 5.74. The molecule has 1 aromatic heterocycles. The summed E-state index contributed by atoms with van der Waals surface area (Å²) in [6.45, 7) is 4.95. The lowest BCUT2D eigenvalue weighted by atomic mass is 10.0. The van der Waals surface area contributed by atoms with Gasteiger partial charge < -0.3 is 20.5 Å². The molecule has 1 aliphatic heterocycles. The van der Waals surface area contributed by atoms with Crippen molar-refractivity contribution in [3.05, 3.63) is 17.8 Å². The van der Waals surface area contributed by atoms with Crippen LogP contribution in [-0.4, -0.2) is 41.5 Å². The summed E-state index contributed by atoms with van der Waals surface area (Å²) in [5.41, 5.74) is 6.14. The Morgan fingerprint density at radius 1 is 1.68 bits per heavy atom. The first-order valence-electron chi connectivity index (χ1n) is 6.14. The standard InChI is InChI=1S/C13H18N4O2/c1-13(2)8-17(6-11(7-18)19-13)12-9(4-14)3-10(15)5-16-12/h3,5,11,18H,6-8,15H2,1-2H3. The van der Waals surface area contributed by atoms with Crippen LogP contribution < -0.4 is 10.6 Å². The third-order valence-electron chi connectivity index (χ3n) is 2.99. The topological polar surface area (TPSA) is 95.4 Å². The zero-order valence-corrected chi connectivity index (χ0v) is 11.1. The summed E-state index contributed by atoms with van der Waals surface area (Å²) >= 11 is 0. The molecule has 0 saturated carbocycles. The van der Waals surface area contributed by atoms with Crippen molar-refractivity contribution in [3.8, 4) is 6.07 Å². The third-order valence-corrected chi connectivity index (χ3v) is 2.99. The Kier molecular flexibility index (Phi) is 3.60. The summed E-state index contributed by atoms with van der Waals surface area (Å²) in [6, 6.07) is 3.72. The van der Waals surface area contributed by atoms with Crippen LogP contribution in [0.15, 0.2) is 12.3 Å². The molecule has 3 N–H and O–H groups in total. The lowest BCUT2D eigenvalue weighted by molar-refractivity contribution is -0.101. The number of aromatic nitrogens is 1. The average Bonchev–Trinajstić information content (AvgIpc) is 2.36. The van der Waals surface area contributed by atoms with E-state index in [1.54, 1.807) is 6.07 Å². The molecule has 0 aromatic carbocycles. The van der Waals surface area contributed by atoms with E-state index >= 15 is 0 Å². The van der Waals surface area contributed by atoms with Gasteiger partial charge in [-0.2, -0.15) is 5.26 Å². The predicted molar refractivity (Wildman–Crippen MR) is 71.6 cm³/mol. The molecule has 0 aliphatic carbocycles. The van der Waals surface area contributed by atoms with E-state index in [1.165, 1.54) is 6.20 Å². The average molecular weight is 262 g/mol. The minimum atomic E-state index is -0.401. The van der Waals surface area contributed by atoms with Crippen molar-refractivity contribution in [3.63, 3.8) is 0 Å². The lowest BCUT2D eigenvalue weighted by Gasteiger charge is -2.43. The molecule has 0 spiro atoms. The van der Waals surface area contributed by atoms with Crippen LogP contribution in [0.3, 0.4) is 0 Å². The van der Waals surface area contributed by atoms with Crippen LogP contribution in [0.4, 0.5) is 11.5 Å². The van der Waals surface area contributed by atoms with Crippen LogP contribution in [-0.2, 0) is 4.74 Å². The highest BCUT2D eigenvalue weighted by Gasteiger charge is 2.34. The van der Waals surface area contributed by atoms with Crippen LogP contribution in [0.25, 0.3) is 0 Å². The number of morpholine rings is 1. The highest BCUT2D eigenvalue weighted by Crippen LogP contribution is 2.27. The largest absolute Gasteiger partial charge is 0.397 e. The van der Waals surface area contributed by atoms with E-state index in [4.69, 9.17) is 10.5 Å². The Labute approximate surface area is 112 Å². The molecule has 2 rings (SSSR count). The molecule has 2 heterocycles. The van der Waals surface area contributed by atoms with Gasteiger partial charge in [-0.15, -0.1) is 0 Å². The fraction of sp³-hybridized carbons (Fsp3) is 0.538. The molecule has 1 unspecified atom stereocenters. The lowest BCUT2D eigenvalue weighted by Crippen LogP contribution is -2.54. The quantitative estimate of drug-likeness (QED) is 0.806. The number of aliphatic hydroxyl groups is 1. The van der Waals surface area contributed by atoms with Gasteiger partial charge in [-0.05, 0) is 19.9 Å². The molecular weight excluding hydrogens is 244 g/mol. The Morgan fingerprint density at radius 2 is 2.42 bits per heavy atom. The summed E-state index contributed by atoms with van der Waals surface area (Å²) in [5, 5.41) is 18.5. The first-order chi connectivity index (χ1) is 8.95. The number of nitrogen functional groups attached to an aromatic ring is 1. The Bertz CT molecular complexity index is 510. The van der Waals surface area contributed by atoms with Crippen molar-refractivity contribution in [1.29, 1.82) is 5.26 Å². The molecule has 1 aliphatic rings. The highest BCUT2D eigenvalue weighted by atomic mass is 16.5. The predicted octanol–water partition coefficient (Wildman–Crippen LogP) is 0.512. The SMILES string of the molecule is CC1(C)CN(c2ncc(N)cc2C#N)CC(CO)O1. The van der Waals surface area contributed by atoms with Gasteiger partial charge in [-0.1, -0.05) is 0 Å². The molecule has 1 fully saturated rings. The van der Waals surface area contributed by atoms with Crippen molar-refractivity contribution >= 4 is 11.5 Å². The zero-order chi connectivity index (χ0) is 14.0. The maximum Gasteiger partial charge on any atom is 0.146 e. The Balaban J connectivity index is 2.33. The molecule has 0 amide bonds. The summed E-state index contributed by atoms with van der Waals surface area (Å²) in [7, 11) is 0. The normalized spacial score (nSPS) is 22.0. The Hall–Kier alpha value is -1.84. The van der Waals surface area contributed by atoms with E-state index in [1.807, 2.05) is 18.7 Å². The number of nitrogens with two attached hydrogens (primary N) is 1. The van der Waals surface area contributed by atoms with Gasteiger partial charge in [0.2, 0.25) is 0 Å². The van der Waals surface area contributed by atoms with Gasteiger partial charge >= 0.3 is 0 Å². The minimum absolute atomic E-state index is 0.0587. The van der Waals surface area contributed by atoms with Gasteiger partial charge in [-0.3, -0.25) is 0 Å². The van der Waals surface area contributed by atoms with Crippen molar-refractivity contribution < 1.29 is 9.84 Å². The second-order valence-electron chi connectivity index (χ2n) is 5.31. The maximum absolute atomic E-state index is 9.30. The molecule has 6 nitrogen and oxygen atoms in total. The smallest absolute Gasteiger partial charge is 0.146 e. The second kappa shape index (κ2) is 5.03. The Morgan fingerprint density at radius 3 is 3.05 bits per heavy atom. The van der Waals surface area contributed by atoms with Crippen molar-refractivity contribution in [1.82, 2.24) is 4.98 Å². The number of hydrogen-bond acceptors (Lipinski definition) is 6. The van der Waals surface area contributed by atoms with E-state index in [0.717, 1.165) is 0 Å². The van der Waals surface area contributed by atoms with Gasteiger partial charge in [0.25, 0.3) is 0 Å². The molecule has 1 atom stereocenters. The summed E-state index contributed by atoms with van der Waals surface area (Å²) in [4.78, 5) is 6.21. The monoisotopic (exact) mass is 262 g/mol. The van der Waals surface area contributed by atoms with Crippen molar-refractivity contribution in [2.75, 3.05) is 30.3 Å². The number of nitrogens with zero attached hydrogens (tertiary/aromatic N) is 3. The number of hydrogen-bond donors (Lipinski definition) is 2. The second-order valence-corrected chi connectivity index (χ2v) is 5.31. The first kappa shape index (κ1) is 13.6. The van der Waals surface area contributed by atoms with E-state index in [2.05, 4.69) is 11.1 Å². The molecule has 0 radical (unpaired) electrons. The number of ether oxygens (including phenoxy) is 1. The summed E-state index contributed by atoms with van der Waals surface area (Å²) in [6.07, 6.45) is 1.25. The van der Waals surface area contributed by atoms with Crippen LogP contribution in [0, 0.1) is 11.3 Å². The van der Waals surface area contributed by atoms with E-state index in [0.29, 0.717) is 30.2 Å². The maximum atomic E-state index is 9.30. The summed E-state index contributed by atoms with van der Waals surface area (Å²) in [5.74, 6) is 0.589. The van der Waals surface area contributed by atoms with Crippen LogP contribution in [0.1, 0.15) is 19.4 Å².